The van der Waals surface area contributed by atoms with E-state index in [9.17, 15) is 58.6 Å². The van der Waals surface area contributed by atoms with Crippen molar-refractivity contribution in [2.45, 2.75) is 68.3 Å². The van der Waals surface area contributed by atoms with E-state index in [4.69, 9.17) is 5.73 Å². The first kappa shape index (κ1) is 37.3. The van der Waals surface area contributed by atoms with E-state index in [0.717, 1.165) is 24.3 Å². The number of primary amides is 1. The zero-order valence-corrected chi connectivity index (χ0v) is 26.9. The predicted octanol–water partition coefficient (Wildman–Crippen LogP) is 6.13. The van der Waals surface area contributed by atoms with E-state index < -0.39 is 120 Å². The van der Waals surface area contributed by atoms with Crippen molar-refractivity contribution in [3.63, 3.8) is 0 Å². The third-order valence-corrected chi connectivity index (χ3v) is 8.67. The van der Waals surface area contributed by atoms with Gasteiger partial charge in [-0.2, -0.15) is 27.1 Å². The number of aliphatic hydroxyl groups is 1. The third-order valence-electron chi connectivity index (χ3n) is 8.67. The molecule has 2 aromatic heterocycles. The standard InChI is InChI=1S/C35H25F10N5O3/c36-19-9-17(10-20(37)13-19)11-26(48-27(51)14-50-30-23(6-8-34(30,41)42)29(49-50)35(43,44)45)28-22(18-1-4-25(38)24(12-18)31(46)52)3-2-21(47-28)5-7-32(53)15-33(39,40)16-32/h1-4,9-10,12-13,26,53H,6,8,11,14-16H2,(H2,46,52)(H,48,51)/t26-/m0/s1. The summed E-state index contributed by atoms with van der Waals surface area (Å²) < 4.78 is 141. The Kier molecular flexibility index (Phi) is 9.30. The van der Waals surface area contributed by atoms with Gasteiger partial charge in [-0.3, -0.25) is 14.3 Å². The number of amides is 2. The molecule has 0 spiro atoms. The highest BCUT2D eigenvalue weighted by Gasteiger charge is 2.55. The van der Waals surface area contributed by atoms with Crippen LogP contribution in [-0.2, 0) is 36.3 Å². The normalized spacial score (nSPS) is 17.3. The maximum atomic E-state index is 14.8. The van der Waals surface area contributed by atoms with E-state index in [0.29, 0.717) is 6.07 Å². The molecule has 1 atom stereocenters. The summed E-state index contributed by atoms with van der Waals surface area (Å²) in [5.41, 5.74) is -1.29. The maximum absolute atomic E-state index is 14.8. The largest absolute Gasteiger partial charge is 0.435 e. The minimum absolute atomic E-state index is 0.0139. The molecule has 6 rings (SSSR count). The number of hydrogen-bond donors (Lipinski definition) is 3. The predicted molar refractivity (Wildman–Crippen MR) is 165 cm³/mol. The number of benzene rings is 2. The molecular weight excluding hydrogens is 728 g/mol. The fourth-order valence-corrected chi connectivity index (χ4v) is 6.45. The SMILES string of the molecule is NC(=O)c1cc(-c2ccc(C#CC3(O)CC(F)(F)C3)nc2[C@H](Cc2cc(F)cc(F)c2)NC(=O)Cn2nc(C(F)(F)F)c3c2C(F)(F)CC3)ccc1F. The first-order valence-electron chi connectivity index (χ1n) is 15.7. The van der Waals surface area contributed by atoms with Crippen LogP contribution in [0, 0.1) is 29.3 Å². The Bertz CT molecular complexity index is 2180. The molecule has 2 amide bonds. The molecule has 8 nitrogen and oxygen atoms in total. The number of carbonyl (C=O) groups excluding carboxylic acids is 2. The van der Waals surface area contributed by atoms with Crippen molar-refractivity contribution in [1.29, 1.82) is 0 Å². The first-order chi connectivity index (χ1) is 24.6. The lowest BCUT2D eigenvalue weighted by molar-refractivity contribution is -0.176. The number of hydrogen-bond acceptors (Lipinski definition) is 5. The number of fused-ring (bicyclic) bond motifs is 1. The summed E-state index contributed by atoms with van der Waals surface area (Å²) in [6.07, 6.45) is -9.21. The van der Waals surface area contributed by atoms with Gasteiger partial charge in [-0.1, -0.05) is 12.0 Å². The number of nitrogens with two attached hydrogens (primary N) is 1. The van der Waals surface area contributed by atoms with Crippen molar-refractivity contribution in [2.75, 3.05) is 0 Å². The molecule has 0 unspecified atom stereocenters. The van der Waals surface area contributed by atoms with Gasteiger partial charge in [-0.05, 0) is 66.3 Å². The molecule has 1 fully saturated rings. The summed E-state index contributed by atoms with van der Waals surface area (Å²) in [7, 11) is 0. The quantitative estimate of drug-likeness (QED) is 0.148. The third kappa shape index (κ3) is 7.84. The van der Waals surface area contributed by atoms with Crippen LogP contribution < -0.4 is 11.1 Å². The van der Waals surface area contributed by atoms with Crippen LogP contribution in [0.15, 0.2) is 48.5 Å². The molecule has 0 bridgehead atoms. The Balaban J connectivity index is 1.46. The lowest BCUT2D eigenvalue weighted by atomic mass is 9.77. The highest BCUT2D eigenvalue weighted by molar-refractivity contribution is 5.94. The molecule has 2 aromatic carbocycles. The van der Waals surface area contributed by atoms with E-state index in [1.807, 2.05) is 0 Å². The second-order valence-electron chi connectivity index (χ2n) is 12.8. The molecule has 1 saturated carbocycles. The molecule has 2 aliphatic rings. The minimum atomic E-state index is -5.13. The van der Waals surface area contributed by atoms with Crippen LogP contribution in [0.3, 0.4) is 0 Å². The minimum Gasteiger partial charge on any atom is -0.377 e. The summed E-state index contributed by atoms with van der Waals surface area (Å²) in [6, 6.07) is 6.43. The first-order valence-corrected chi connectivity index (χ1v) is 15.7. The number of alkyl halides is 7. The molecule has 4 N–H and O–H groups in total. The number of halogens is 10. The number of nitrogens with zero attached hydrogens (tertiary/aromatic N) is 3. The summed E-state index contributed by atoms with van der Waals surface area (Å²) in [5.74, 6) is -7.64. The Morgan fingerprint density at radius 3 is 2.30 bits per heavy atom. The van der Waals surface area contributed by atoms with Gasteiger partial charge in [0.2, 0.25) is 5.91 Å². The number of aromatic nitrogens is 3. The number of rotatable bonds is 8. The van der Waals surface area contributed by atoms with Crippen LogP contribution in [0.1, 0.15) is 69.6 Å². The summed E-state index contributed by atoms with van der Waals surface area (Å²) in [5, 5.41) is 16.1. The van der Waals surface area contributed by atoms with Gasteiger partial charge < -0.3 is 16.2 Å². The van der Waals surface area contributed by atoms with E-state index in [2.05, 4.69) is 27.2 Å². The molecule has 278 valence electrons. The highest BCUT2D eigenvalue weighted by atomic mass is 19.4. The van der Waals surface area contributed by atoms with Crippen molar-refractivity contribution in [2.24, 2.45) is 5.73 Å². The molecule has 2 heterocycles. The van der Waals surface area contributed by atoms with Crippen molar-refractivity contribution >= 4 is 11.8 Å². The zero-order chi connectivity index (χ0) is 38.7. The molecule has 0 aliphatic heterocycles. The molecule has 18 heteroatoms. The van der Waals surface area contributed by atoms with E-state index in [1.54, 1.807) is 0 Å². The Labute approximate surface area is 293 Å². The summed E-state index contributed by atoms with van der Waals surface area (Å²) in [4.78, 5) is 29.9. The Morgan fingerprint density at radius 2 is 1.68 bits per heavy atom. The fraction of sp³-hybridized carbons (Fsp3) is 0.314. The average Bonchev–Trinajstić information content (AvgIpc) is 3.56. The van der Waals surface area contributed by atoms with Gasteiger partial charge in [0.05, 0.1) is 30.1 Å². The van der Waals surface area contributed by atoms with Crippen LogP contribution in [-0.4, -0.2) is 43.2 Å². The van der Waals surface area contributed by atoms with E-state index in [-0.39, 0.29) is 32.8 Å². The smallest absolute Gasteiger partial charge is 0.377 e. The lowest BCUT2D eigenvalue weighted by Crippen LogP contribution is -2.50. The zero-order valence-electron chi connectivity index (χ0n) is 26.9. The number of carbonyl (C=O) groups is 2. The van der Waals surface area contributed by atoms with Crippen LogP contribution in [0.4, 0.5) is 43.9 Å². The molecular formula is C35H25F10N5O3. The van der Waals surface area contributed by atoms with Crippen LogP contribution >= 0.6 is 0 Å². The monoisotopic (exact) mass is 753 g/mol. The van der Waals surface area contributed by atoms with Gasteiger partial charge in [0.1, 0.15) is 41.0 Å². The summed E-state index contributed by atoms with van der Waals surface area (Å²) in [6.45, 7) is -1.18. The number of pyridine rings is 1. The van der Waals surface area contributed by atoms with Gasteiger partial charge in [0.25, 0.3) is 17.8 Å². The fourth-order valence-electron chi connectivity index (χ4n) is 6.45. The van der Waals surface area contributed by atoms with Gasteiger partial charge in [-0.15, -0.1) is 0 Å². The molecule has 0 saturated heterocycles. The number of nitrogens with one attached hydrogen (secondary N) is 1. The van der Waals surface area contributed by atoms with Crippen molar-refractivity contribution in [3.05, 3.63) is 105 Å². The van der Waals surface area contributed by atoms with Crippen LogP contribution in [0.25, 0.3) is 11.1 Å². The molecule has 4 aromatic rings. The van der Waals surface area contributed by atoms with E-state index in [1.165, 1.54) is 18.2 Å². The molecule has 2 aliphatic carbocycles. The summed E-state index contributed by atoms with van der Waals surface area (Å²) >= 11 is 0. The second kappa shape index (κ2) is 13.2. The van der Waals surface area contributed by atoms with Crippen LogP contribution in [0.5, 0.6) is 0 Å². The van der Waals surface area contributed by atoms with Crippen molar-refractivity contribution < 1.29 is 58.6 Å². The lowest BCUT2D eigenvalue weighted by Gasteiger charge is -2.39. The molecule has 0 radical (unpaired) electrons. The van der Waals surface area contributed by atoms with Gasteiger partial charge in [0.15, 0.2) is 5.69 Å². The van der Waals surface area contributed by atoms with Gasteiger partial charge >= 0.3 is 6.18 Å². The highest BCUT2D eigenvalue weighted by Crippen LogP contribution is 2.47. The second-order valence-corrected chi connectivity index (χ2v) is 12.8. The Morgan fingerprint density at radius 1 is 1.00 bits per heavy atom. The molecule has 53 heavy (non-hydrogen) atoms. The van der Waals surface area contributed by atoms with Gasteiger partial charge in [0, 0.05) is 23.6 Å². The van der Waals surface area contributed by atoms with Crippen LogP contribution in [0.2, 0.25) is 0 Å². The van der Waals surface area contributed by atoms with Gasteiger partial charge in [-0.25, -0.2) is 26.9 Å². The Hall–Kier alpha value is -5.44. The topological polar surface area (TPSA) is 123 Å². The maximum Gasteiger partial charge on any atom is 0.435 e. The van der Waals surface area contributed by atoms with Crippen molar-refractivity contribution in [3.8, 4) is 23.0 Å². The van der Waals surface area contributed by atoms with E-state index >= 15 is 0 Å². The van der Waals surface area contributed by atoms with Crippen molar-refractivity contribution in [1.82, 2.24) is 20.1 Å². The average molecular weight is 754 g/mol.